The number of unbranched alkanes of at least 4 members (excludes halogenated alkanes) is 4. The SMILES string of the molecule is CCCCCCCC(O)C(C)c1ccncc1. The van der Waals surface area contributed by atoms with Crippen LogP contribution in [0, 0.1) is 0 Å². The maximum atomic E-state index is 10.1. The van der Waals surface area contributed by atoms with Crippen molar-refractivity contribution in [3.8, 4) is 0 Å². The molecule has 0 aromatic carbocycles. The third-order valence-corrected chi connectivity index (χ3v) is 3.41. The number of hydrogen-bond acceptors (Lipinski definition) is 2. The fourth-order valence-electron chi connectivity index (χ4n) is 2.10. The van der Waals surface area contributed by atoms with Crippen molar-refractivity contribution in [3.05, 3.63) is 30.1 Å². The standard InChI is InChI=1S/C15H25NO/c1-3-4-5-6-7-8-15(17)13(2)14-9-11-16-12-10-14/h9-13,15,17H,3-8H2,1-2H3. The second-order valence-electron chi connectivity index (χ2n) is 4.84. The number of hydrogen-bond donors (Lipinski definition) is 1. The lowest BCUT2D eigenvalue weighted by molar-refractivity contribution is 0.136. The van der Waals surface area contributed by atoms with Gasteiger partial charge >= 0.3 is 0 Å². The monoisotopic (exact) mass is 235 g/mol. The highest BCUT2D eigenvalue weighted by molar-refractivity contribution is 5.16. The van der Waals surface area contributed by atoms with Crippen molar-refractivity contribution < 1.29 is 5.11 Å². The predicted molar refractivity (Wildman–Crippen MR) is 72.0 cm³/mol. The molecule has 17 heavy (non-hydrogen) atoms. The van der Waals surface area contributed by atoms with E-state index in [1.807, 2.05) is 12.1 Å². The van der Waals surface area contributed by atoms with Crippen molar-refractivity contribution >= 4 is 0 Å². The van der Waals surface area contributed by atoms with E-state index < -0.39 is 0 Å². The zero-order chi connectivity index (χ0) is 12.5. The van der Waals surface area contributed by atoms with Crippen molar-refractivity contribution in [1.82, 2.24) is 4.98 Å². The van der Waals surface area contributed by atoms with Gasteiger partial charge in [0, 0.05) is 18.3 Å². The highest BCUT2D eigenvalue weighted by atomic mass is 16.3. The van der Waals surface area contributed by atoms with E-state index in [1.165, 1.54) is 31.2 Å². The first-order chi connectivity index (χ1) is 8.25. The van der Waals surface area contributed by atoms with Gasteiger partial charge < -0.3 is 5.11 Å². The van der Waals surface area contributed by atoms with Gasteiger partial charge in [0.2, 0.25) is 0 Å². The Kier molecular flexibility index (Phi) is 6.87. The lowest BCUT2D eigenvalue weighted by Gasteiger charge is -2.18. The van der Waals surface area contributed by atoms with Gasteiger partial charge in [0.25, 0.3) is 0 Å². The van der Waals surface area contributed by atoms with Crippen molar-refractivity contribution in [3.63, 3.8) is 0 Å². The van der Waals surface area contributed by atoms with Crippen LogP contribution >= 0.6 is 0 Å². The highest BCUT2D eigenvalue weighted by Gasteiger charge is 2.15. The van der Waals surface area contributed by atoms with Crippen LogP contribution in [0.5, 0.6) is 0 Å². The normalized spacial score (nSPS) is 14.5. The van der Waals surface area contributed by atoms with Crippen molar-refractivity contribution in [2.45, 2.75) is 64.4 Å². The van der Waals surface area contributed by atoms with Gasteiger partial charge in [-0.05, 0) is 24.1 Å². The summed E-state index contributed by atoms with van der Waals surface area (Å²) >= 11 is 0. The van der Waals surface area contributed by atoms with Crippen LogP contribution in [0.2, 0.25) is 0 Å². The van der Waals surface area contributed by atoms with Crippen LogP contribution in [-0.2, 0) is 0 Å². The Hall–Kier alpha value is -0.890. The van der Waals surface area contributed by atoms with E-state index in [9.17, 15) is 5.11 Å². The molecule has 1 aromatic heterocycles. The molecule has 2 atom stereocenters. The molecule has 0 aliphatic carbocycles. The molecule has 0 saturated heterocycles. The molecule has 0 radical (unpaired) electrons. The molecular formula is C15H25NO. The fraction of sp³-hybridized carbons (Fsp3) is 0.667. The van der Waals surface area contributed by atoms with Gasteiger partial charge in [0.15, 0.2) is 0 Å². The third-order valence-electron chi connectivity index (χ3n) is 3.41. The van der Waals surface area contributed by atoms with E-state index in [0.717, 1.165) is 12.8 Å². The number of pyridine rings is 1. The maximum absolute atomic E-state index is 10.1. The average Bonchev–Trinajstić information content (AvgIpc) is 2.38. The quantitative estimate of drug-likeness (QED) is 0.693. The Morgan fingerprint density at radius 2 is 1.76 bits per heavy atom. The summed E-state index contributed by atoms with van der Waals surface area (Å²) in [6.45, 7) is 4.31. The van der Waals surface area contributed by atoms with E-state index >= 15 is 0 Å². The van der Waals surface area contributed by atoms with Crippen molar-refractivity contribution in [2.75, 3.05) is 0 Å². The third kappa shape index (κ3) is 5.31. The summed E-state index contributed by atoms with van der Waals surface area (Å²) in [7, 11) is 0. The average molecular weight is 235 g/mol. The topological polar surface area (TPSA) is 33.1 Å². The van der Waals surface area contributed by atoms with Crippen LogP contribution in [0.4, 0.5) is 0 Å². The van der Waals surface area contributed by atoms with E-state index in [1.54, 1.807) is 12.4 Å². The molecule has 96 valence electrons. The molecule has 0 amide bonds. The van der Waals surface area contributed by atoms with Crippen LogP contribution < -0.4 is 0 Å². The summed E-state index contributed by atoms with van der Waals surface area (Å²) in [5, 5.41) is 10.1. The maximum Gasteiger partial charge on any atom is 0.0606 e. The first-order valence-electron chi connectivity index (χ1n) is 6.83. The minimum Gasteiger partial charge on any atom is -0.393 e. The minimum atomic E-state index is -0.223. The molecule has 0 saturated carbocycles. The molecule has 0 aliphatic heterocycles. The molecule has 1 N–H and O–H groups in total. The van der Waals surface area contributed by atoms with Gasteiger partial charge in [0.1, 0.15) is 0 Å². The van der Waals surface area contributed by atoms with Gasteiger partial charge in [-0.3, -0.25) is 4.98 Å². The Balaban J connectivity index is 2.25. The fourth-order valence-corrected chi connectivity index (χ4v) is 2.10. The van der Waals surface area contributed by atoms with E-state index in [2.05, 4.69) is 18.8 Å². The Labute approximate surface area is 105 Å². The van der Waals surface area contributed by atoms with E-state index in [-0.39, 0.29) is 12.0 Å². The Bertz CT molecular complexity index is 286. The Morgan fingerprint density at radius 3 is 2.41 bits per heavy atom. The van der Waals surface area contributed by atoms with Gasteiger partial charge in [-0.25, -0.2) is 0 Å². The zero-order valence-corrected chi connectivity index (χ0v) is 11.1. The van der Waals surface area contributed by atoms with Crippen LogP contribution in [-0.4, -0.2) is 16.2 Å². The molecule has 2 nitrogen and oxygen atoms in total. The number of aromatic nitrogens is 1. The molecule has 2 heteroatoms. The molecule has 1 rings (SSSR count). The van der Waals surface area contributed by atoms with Crippen molar-refractivity contribution in [1.29, 1.82) is 0 Å². The molecule has 0 aliphatic rings. The summed E-state index contributed by atoms with van der Waals surface area (Å²) in [5.41, 5.74) is 1.18. The lowest BCUT2D eigenvalue weighted by Crippen LogP contribution is -2.15. The number of nitrogens with zero attached hydrogens (tertiary/aromatic N) is 1. The van der Waals surface area contributed by atoms with Gasteiger partial charge in [-0.1, -0.05) is 46.0 Å². The second kappa shape index (κ2) is 8.24. The summed E-state index contributed by atoms with van der Waals surface area (Å²) in [4.78, 5) is 4.00. The zero-order valence-electron chi connectivity index (χ0n) is 11.1. The summed E-state index contributed by atoms with van der Waals surface area (Å²) in [6.07, 6.45) is 10.5. The molecule has 1 aromatic rings. The van der Waals surface area contributed by atoms with E-state index in [4.69, 9.17) is 0 Å². The van der Waals surface area contributed by atoms with E-state index in [0.29, 0.717) is 0 Å². The Morgan fingerprint density at radius 1 is 1.12 bits per heavy atom. The van der Waals surface area contributed by atoms with Gasteiger partial charge in [0.05, 0.1) is 6.10 Å². The highest BCUT2D eigenvalue weighted by Crippen LogP contribution is 2.22. The summed E-state index contributed by atoms with van der Waals surface area (Å²) in [6, 6.07) is 3.98. The van der Waals surface area contributed by atoms with Crippen LogP contribution in [0.25, 0.3) is 0 Å². The van der Waals surface area contributed by atoms with Crippen LogP contribution in [0.3, 0.4) is 0 Å². The summed E-state index contributed by atoms with van der Waals surface area (Å²) < 4.78 is 0. The second-order valence-corrected chi connectivity index (χ2v) is 4.84. The molecule has 0 fully saturated rings. The lowest BCUT2D eigenvalue weighted by atomic mass is 9.92. The molecule has 0 spiro atoms. The molecule has 2 unspecified atom stereocenters. The first-order valence-corrected chi connectivity index (χ1v) is 6.83. The smallest absolute Gasteiger partial charge is 0.0606 e. The molecule has 0 bridgehead atoms. The van der Waals surface area contributed by atoms with Crippen LogP contribution in [0.1, 0.15) is 63.9 Å². The first kappa shape index (κ1) is 14.2. The summed E-state index contributed by atoms with van der Waals surface area (Å²) in [5.74, 6) is 0.212. The van der Waals surface area contributed by atoms with Crippen molar-refractivity contribution in [2.24, 2.45) is 0 Å². The van der Waals surface area contributed by atoms with Gasteiger partial charge in [-0.15, -0.1) is 0 Å². The molecule has 1 heterocycles. The number of rotatable bonds is 8. The minimum absolute atomic E-state index is 0.212. The number of aliphatic hydroxyl groups excluding tert-OH is 1. The largest absolute Gasteiger partial charge is 0.393 e. The predicted octanol–water partition coefficient (Wildman–Crippen LogP) is 3.91. The van der Waals surface area contributed by atoms with Crippen LogP contribution in [0.15, 0.2) is 24.5 Å². The van der Waals surface area contributed by atoms with Gasteiger partial charge in [-0.2, -0.15) is 0 Å². The number of aliphatic hydroxyl groups is 1. The molecular weight excluding hydrogens is 210 g/mol.